The summed E-state index contributed by atoms with van der Waals surface area (Å²) < 4.78 is 10.9. The third kappa shape index (κ3) is 4.48. The zero-order chi connectivity index (χ0) is 21.0. The van der Waals surface area contributed by atoms with Crippen LogP contribution in [0.2, 0.25) is 0 Å². The van der Waals surface area contributed by atoms with Crippen molar-refractivity contribution in [2.75, 3.05) is 32.6 Å². The lowest BCUT2D eigenvalue weighted by Crippen LogP contribution is -2.33. The number of nitro benzene ring substituents is 1. The zero-order valence-corrected chi connectivity index (χ0v) is 16.8. The minimum atomic E-state index is -0.448. The van der Waals surface area contributed by atoms with Gasteiger partial charge in [0.15, 0.2) is 0 Å². The number of nitro groups is 1. The van der Waals surface area contributed by atoms with E-state index in [0.29, 0.717) is 11.3 Å². The number of carbonyl (C=O) groups excluding carboxylic acids is 1. The second-order valence-corrected chi connectivity index (χ2v) is 6.99. The van der Waals surface area contributed by atoms with Crippen LogP contribution in [0.5, 0.6) is 11.5 Å². The Hall–Kier alpha value is -3.13. The minimum Gasteiger partial charge on any atom is -0.497 e. The fraction of sp³-hybridized carbons (Fsp3) is 0.381. The Labute approximate surface area is 169 Å². The monoisotopic (exact) mass is 399 g/mol. The standard InChI is InChI=1S/C21H25N3O5/c1-14-17(6-4-7-18(14)24(26)27)22-21(25)13-23-11-5-8-19(23)16-12-15(28-2)9-10-20(16)29-3/h4,6-7,9-10,12,19H,5,8,11,13H2,1-3H3,(H,22,25). The number of nitrogens with one attached hydrogen (secondary N) is 1. The van der Waals surface area contributed by atoms with E-state index in [1.54, 1.807) is 33.3 Å². The molecule has 1 aliphatic rings. The lowest BCUT2D eigenvalue weighted by molar-refractivity contribution is -0.385. The van der Waals surface area contributed by atoms with Crippen molar-refractivity contribution in [2.24, 2.45) is 0 Å². The third-order valence-corrected chi connectivity index (χ3v) is 5.28. The molecule has 1 fully saturated rings. The molecule has 154 valence electrons. The Kier molecular flexibility index (Phi) is 6.33. The molecular formula is C21H25N3O5. The van der Waals surface area contributed by atoms with Crippen LogP contribution in [-0.2, 0) is 4.79 Å². The van der Waals surface area contributed by atoms with E-state index in [9.17, 15) is 14.9 Å². The van der Waals surface area contributed by atoms with E-state index in [2.05, 4.69) is 10.2 Å². The first kappa shape index (κ1) is 20.6. The number of amides is 1. The molecule has 8 nitrogen and oxygen atoms in total. The summed E-state index contributed by atoms with van der Waals surface area (Å²) in [5.74, 6) is 1.30. The van der Waals surface area contributed by atoms with Crippen molar-refractivity contribution in [3.8, 4) is 11.5 Å². The summed E-state index contributed by atoms with van der Waals surface area (Å²) in [6, 6.07) is 10.4. The molecule has 0 aliphatic carbocycles. The summed E-state index contributed by atoms with van der Waals surface area (Å²) in [6.07, 6.45) is 1.88. The zero-order valence-electron chi connectivity index (χ0n) is 16.8. The minimum absolute atomic E-state index is 0.0111. The van der Waals surface area contributed by atoms with E-state index in [1.807, 2.05) is 18.2 Å². The van der Waals surface area contributed by atoms with Gasteiger partial charge in [-0.25, -0.2) is 0 Å². The van der Waals surface area contributed by atoms with E-state index in [1.165, 1.54) is 6.07 Å². The predicted octanol–water partition coefficient (Wildman–Crippen LogP) is 3.70. The van der Waals surface area contributed by atoms with Gasteiger partial charge in [0.25, 0.3) is 5.69 Å². The number of ether oxygens (including phenoxy) is 2. The Bertz CT molecular complexity index is 915. The average molecular weight is 399 g/mol. The summed E-state index contributed by atoms with van der Waals surface area (Å²) in [5.41, 5.74) is 1.88. The van der Waals surface area contributed by atoms with Crippen molar-refractivity contribution >= 4 is 17.3 Å². The number of methoxy groups -OCH3 is 2. The number of rotatable bonds is 7. The molecule has 1 saturated heterocycles. The summed E-state index contributed by atoms with van der Waals surface area (Å²) in [4.78, 5) is 25.4. The summed E-state index contributed by atoms with van der Waals surface area (Å²) in [6.45, 7) is 2.60. The normalized spacial score (nSPS) is 16.4. The molecule has 0 bridgehead atoms. The highest BCUT2D eigenvalue weighted by Gasteiger charge is 2.30. The molecule has 1 unspecified atom stereocenters. The summed E-state index contributed by atoms with van der Waals surface area (Å²) >= 11 is 0. The maximum Gasteiger partial charge on any atom is 0.274 e. The molecule has 1 aliphatic heterocycles. The smallest absolute Gasteiger partial charge is 0.274 e. The highest BCUT2D eigenvalue weighted by atomic mass is 16.6. The molecule has 29 heavy (non-hydrogen) atoms. The van der Waals surface area contributed by atoms with Crippen LogP contribution in [0.4, 0.5) is 11.4 Å². The number of anilines is 1. The van der Waals surface area contributed by atoms with Crippen molar-refractivity contribution < 1.29 is 19.2 Å². The maximum absolute atomic E-state index is 12.7. The fourth-order valence-corrected chi connectivity index (χ4v) is 3.80. The van der Waals surface area contributed by atoms with Gasteiger partial charge in [-0.1, -0.05) is 6.07 Å². The second-order valence-electron chi connectivity index (χ2n) is 6.99. The molecule has 1 atom stereocenters. The van der Waals surface area contributed by atoms with Crippen LogP contribution in [0.15, 0.2) is 36.4 Å². The van der Waals surface area contributed by atoms with Crippen LogP contribution in [0, 0.1) is 17.0 Å². The van der Waals surface area contributed by atoms with Gasteiger partial charge in [0.1, 0.15) is 11.5 Å². The lowest BCUT2D eigenvalue weighted by Gasteiger charge is -2.26. The van der Waals surface area contributed by atoms with E-state index in [4.69, 9.17) is 9.47 Å². The average Bonchev–Trinajstić information content (AvgIpc) is 3.16. The molecule has 3 rings (SSSR count). The first-order valence-electron chi connectivity index (χ1n) is 9.44. The second kappa shape index (κ2) is 8.91. The van der Waals surface area contributed by atoms with Crippen molar-refractivity contribution in [3.05, 3.63) is 57.6 Å². The third-order valence-electron chi connectivity index (χ3n) is 5.28. The van der Waals surface area contributed by atoms with Gasteiger partial charge in [0, 0.05) is 17.7 Å². The molecular weight excluding hydrogens is 374 g/mol. The molecule has 2 aromatic rings. The molecule has 1 N–H and O–H groups in total. The van der Waals surface area contributed by atoms with Crippen LogP contribution in [-0.4, -0.2) is 43.0 Å². The molecule has 1 heterocycles. The van der Waals surface area contributed by atoms with Gasteiger partial charge in [-0.3, -0.25) is 19.8 Å². The Morgan fingerprint density at radius 2 is 2.07 bits per heavy atom. The van der Waals surface area contributed by atoms with Gasteiger partial charge in [0.05, 0.1) is 36.9 Å². The first-order chi connectivity index (χ1) is 13.9. The number of benzene rings is 2. The number of carbonyl (C=O) groups is 1. The SMILES string of the molecule is COc1ccc(OC)c(C2CCCN2CC(=O)Nc2cccc([N+](=O)[O-])c2C)c1. The van der Waals surface area contributed by atoms with Crippen LogP contribution in [0.3, 0.4) is 0 Å². The maximum atomic E-state index is 12.7. The topological polar surface area (TPSA) is 93.9 Å². The number of nitrogens with zero attached hydrogens (tertiary/aromatic N) is 2. The van der Waals surface area contributed by atoms with E-state index >= 15 is 0 Å². The van der Waals surface area contributed by atoms with Crippen molar-refractivity contribution in [1.29, 1.82) is 0 Å². The summed E-state index contributed by atoms with van der Waals surface area (Å²) in [7, 11) is 3.25. The molecule has 0 aromatic heterocycles. The number of hydrogen-bond donors (Lipinski definition) is 1. The molecule has 0 spiro atoms. The summed E-state index contributed by atoms with van der Waals surface area (Å²) in [5, 5.41) is 13.9. The Morgan fingerprint density at radius 1 is 1.28 bits per heavy atom. The van der Waals surface area contributed by atoms with Crippen LogP contribution < -0.4 is 14.8 Å². The van der Waals surface area contributed by atoms with Crippen molar-refractivity contribution in [1.82, 2.24) is 4.90 Å². The van der Waals surface area contributed by atoms with Crippen LogP contribution in [0.25, 0.3) is 0 Å². The van der Waals surface area contributed by atoms with Gasteiger partial charge in [-0.2, -0.15) is 0 Å². The Morgan fingerprint density at radius 3 is 2.76 bits per heavy atom. The van der Waals surface area contributed by atoms with E-state index < -0.39 is 4.92 Å². The molecule has 2 aromatic carbocycles. The van der Waals surface area contributed by atoms with E-state index in [0.717, 1.165) is 36.4 Å². The molecule has 1 amide bonds. The van der Waals surface area contributed by atoms with Gasteiger partial charge >= 0.3 is 0 Å². The van der Waals surface area contributed by atoms with Crippen LogP contribution >= 0.6 is 0 Å². The van der Waals surface area contributed by atoms with Crippen LogP contribution in [0.1, 0.15) is 30.0 Å². The fourth-order valence-electron chi connectivity index (χ4n) is 3.80. The highest BCUT2D eigenvalue weighted by Crippen LogP contribution is 2.38. The van der Waals surface area contributed by atoms with E-state index in [-0.39, 0.29) is 24.2 Å². The molecule has 0 radical (unpaired) electrons. The van der Waals surface area contributed by atoms with Crippen molar-refractivity contribution in [2.45, 2.75) is 25.8 Å². The van der Waals surface area contributed by atoms with Gasteiger partial charge in [-0.15, -0.1) is 0 Å². The molecule has 0 saturated carbocycles. The first-order valence-corrected chi connectivity index (χ1v) is 9.44. The highest BCUT2D eigenvalue weighted by molar-refractivity contribution is 5.93. The number of hydrogen-bond acceptors (Lipinski definition) is 6. The quantitative estimate of drug-likeness (QED) is 0.564. The predicted molar refractivity (Wildman–Crippen MR) is 110 cm³/mol. The number of likely N-dealkylation sites (tertiary alicyclic amines) is 1. The molecule has 8 heteroatoms. The largest absolute Gasteiger partial charge is 0.497 e. The van der Waals surface area contributed by atoms with Gasteiger partial charge in [-0.05, 0) is 50.6 Å². The van der Waals surface area contributed by atoms with Crippen molar-refractivity contribution in [3.63, 3.8) is 0 Å². The Balaban J connectivity index is 1.76. The van der Waals surface area contributed by atoms with Gasteiger partial charge < -0.3 is 14.8 Å². The lowest BCUT2D eigenvalue weighted by atomic mass is 10.0. The van der Waals surface area contributed by atoms with Gasteiger partial charge in [0.2, 0.25) is 5.91 Å².